The zero-order valence-electron chi connectivity index (χ0n) is 27.5. The molecule has 0 fully saturated rings. The van der Waals surface area contributed by atoms with E-state index in [0.29, 0.717) is 42.4 Å². The molecular weight excluding hydrogens is 656 g/mol. The number of aliphatic hydroxyl groups is 3. The number of hydrogen-bond donors (Lipinski definition) is 12. The van der Waals surface area contributed by atoms with Crippen molar-refractivity contribution in [1.29, 1.82) is 0 Å². The molecule has 6 atom stereocenters. The van der Waals surface area contributed by atoms with Gasteiger partial charge in [-0.15, -0.1) is 0 Å². The molecule has 0 heterocycles. The van der Waals surface area contributed by atoms with E-state index in [-0.39, 0.29) is 58.1 Å². The standard InChI is InChI=1S/C28H52N8O13/c1-2-7-17(39)14-21(40)36(49)13-5-8-18(30)24(42)34-22(23(41)28(46)47)27(45)33-20(15-37)26(44)32-19(9-6-12-35(48)16-38)25(43)31-11-4-3-10-29/h16-20,22-23,37,39,41,48-49H,2-15,29-30H2,1H3,(H,31,43)(H,32,44)(H,33,45)(H,34,42)(H,46,47)/t17?,18-,19-,20-,22+,23+/m0/s1. The number of hydroxylamine groups is 4. The smallest absolute Gasteiger partial charge is 0.335 e. The Balaban J connectivity index is 5.49. The number of nitrogens with one attached hydrogen (secondary N) is 4. The number of carboxylic acids is 1. The van der Waals surface area contributed by atoms with Crippen LogP contribution in [-0.2, 0) is 33.6 Å². The van der Waals surface area contributed by atoms with Crippen LogP contribution in [0.3, 0.4) is 0 Å². The Morgan fingerprint density at radius 1 is 0.816 bits per heavy atom. The number of carbonyl (C=O) groups is 7. The average molecular weight is 709 g/mol. The summed E-state index contributed by atoms with van der Waals surface area (Å²) < 4.78 is 0. The van der Waals surface area contributed by atoms with E-state index in [1.165, 1.54) is 0 Å². The quantitative estimate of drug-likeness (QED) is 0.0165. The number of aliphatic hydroxyl groups excluding tert-OH is 3. The van der Waals surface area contributed by atoms with Crippen molar-refractivity contribution in [3.05, 3.63) is 0 Å². The molecule has 0 saturated carbocycles. The summed E-state index contributed by atoms with van der Waals surface area (Å²) in [6.07, 6.45) is -1.81. The summed E-state index contributed by atoms with van der Waals surface area (Å²) in [6.45, 7) is 0.878. The maximum Gasteiger partial charge on any atom is 0.335 e. The Morgan fingerprint density at radius 2 is 1.45 bits per heavy atom. The van der Waals surface area contributed by atoms with Crippen molar-refractivity contribution in [2.24, 2.45) is 11.5 Å². The summed E-state index contributed by atoms with van der Waals surface area (Å²) in [5, 5.41) is 67.8. The number of hydrogen-bond acceptors (Lipinski definition) is 14. The molecule has 0 aromatic heterocycles. The number of carboxylic acid groups (broad SMARTS) is 1. The van der Waals surface area contributed by atoms with Gasteiger partial charge in [0.05, 0.1) is 25.2 Å². The van der Waals surface area contributed by atoms with Crippen LogP contribution in [0.4, 0.5) is 0 Å². The van der Waals surface area contributed by atoms with Crippen molar-refractivity contribution in [3.63, 3.8) is 0 Å². The summed E-state index contributed by atoms with van der Waals surface area (Å²) in [6, 6.07) is -6.70. The van der Waals surface area contributed by atoms with Crippen LogP contribution in [0.15, 0.2) is 0 Å². The fourth-order valence-electron chi connectivity index (χ4n) is 4.26. The lowest BCUT2D eigenvalue weighted by atomic mass is 10.1. The molecule has 6 amide bonds. The van der Waals surface area contributed by atoms with E-state index < -0.39 is 78.5 Å². The van der Waals surface area contributed by atoms with Gasteiger partial charge in [-0.05, 0) is 51.5 Å². The number of aliphatic carboxylic acids is 1. The predicted octanol–water partition coefficient (Wildman–Crippen LogP) is -4.76. The van der Waals surface area contributed by atoms with E-state index in [2.05, 4.69) is 10.6 Å². The lowest BCUT2D eigenvalue weighted by Gasteiger charge is -2.26. The van der Waals surface area contributed by atoms with Crippen LogP contribution < -0.4 is 32.7 Å². The van der Waals surface area contributed by atoms with Gasteiger partial charge in [0, 0.05) is 19.6 Å². The van der Waals surface area contributed by atoms with Crippen LogP contribution in [0.2, 0.25) is 0 Å². The molecule has 0 aliphatic carbocycles. The Morgan fingerprint density at radius 3 is 2.02 bits per heavy atom. The minimum absolute atomic E-state index is 0.0287. The Bertz CT molecular complexity index is 1070. The highest BCUT2D eigenvalue weighted by Crippen LogP contribution is 2.07. The molecule has 21 heteroatoms. The van der Waals surface area contributed by atoms with Gasteiger partial charge in [0.2, 0.25) is 35.9 Å². The van der Waals surface area contributed by atoms with Crippen LogP contribution in [0, 0.1) is 0 Å². The van der Waals surface area contributed by atoms with Crippen LogP contribution in [0.25, 0.3) is 0 Å². The first-order valence-electron chi connectivity index (χ1n) is 15.9. The first-order chi connectivity index (χ1) is 23.1. The molecule has 0 aromatic carbocycles. The fraction of sp³-hybridized carbons (Fsp3) is 0.750. The van der Waals surface area contributed by atoms with Crippen molar-refractivity contribution in [1.82, 2.24) is 31.4 Å². The molecule has 49 heavy (non-hydrogen) atoms. The average Bonchev–Trinajstić information content (AvgIpc) is 3.06. The van der Waals surface area contributed by atoms with Gasteiger partial charge < -0.3 is 53.2 Å². The van der Waals surface area contributed by atoms with Gasteiger partial charge >= 0.3 is 5.97 Å². The third-order valence-corrected chi connectivity index (χ3v) is 7.07. The van der Waals surface area contributed by atoms with Gasteiger partial charge in [0.15, 0.2) is 6.10 Å². The summed E-state index contributed by atoms with van der Waals surface area (Å²) in [5.41, 5.74) is 11.3. The molecule has 0 radical (unpaired) electrons. The Labute approximate surface area is 283 Å². The second-order valence-electron chi connectivity index (χ2n) is 11.2. The van der Waals surface area contributed by atoms with Gasteiger partial charge in [0.1, 0.15) is 18.1 Å². The zero-order chi connectivity index (χ0) is 37.5. The highest BCUT2D eigenvalue weighted by Gasteiger charge is 2.37. The number of nitrogens with two attached hydrogens (primary N) is 2. The molecule has 282 valence electrons. The van der Waals surface area contributed by atoms with Crippen LogP contribution in [0.1, 0.15) is 64.7 Å². The van der Waals surface area contributed by atoms with E-state index in [9.17, 15) is 64.4 Å². The fourth-order valence-corrected chi connectivity index (χ4v) is 4.26. The Kier molecular flexibility index (Phi) is 23.0. The minimum Gasteiger partial charge on any atom is -0.479 e. The van der Waals surface area contributed by atoms with Crippen molar-refractivity contribution in [2.45, 2.75) is 101 Å². The summed E-state index contributed by atoms with van der Waals surface area (Å²) in [5.74, 6) is -6.98. The largest absolute Gasteiger partial charge is 0.479 e. The first-order valence-corrected chi connectivity index (χ1v) is 15.9. The molecule has 0 saturated heterocycles. The lowest BCUT2D eigenvalue weighted by Crippen LogP contribution is -2.62. The summed E-state index contributed by atoms with van der Waals surface area (Å²) >= 11 is 0. The van der Waals surface area contributed by atoms with Gasteiger partial charge in [-0.2, -0.15) is 0 Å². The van der Waals surface area contributed by atoms with E-state index in [1.807, 2.05) is 17.6 Å². The number of unbranched alkanes of at least 4 members (excludes halogenated alkanes) is 1. The molecular formula is C28H52N8O13. The molecule has 0 aliphatic heterocycles. The van der Waals surface area contributed by atoms with Crippen LogP contribution in [0.5, 0.6) is 0 Å². The lowest BCUT2D eigenvalue weighted by molar-refractivity contribution is -0.167. The number of rotatable bonds is 27. The number of nitrogens with zero attached hydrogens (tertiary/aromatic N) is 2. The van der Waals surface area contributed by atoms with Gasteiger partial charge in [-0.1, -0.05) is 13.3 Å². The molecule has 0 rings (SSSR count). The highest BCUT2D eigenvalue weighted by molar-refractivity contribution is 5.97. The van der Waals surface area contributed by atoms with E-state index >= 15 is 0 Å². The molecule has 0 aromatic rings. The van der Waals surface area contributed by atoms with Crippen molar-refractivity contribution in [2.75, 3.05) is 32.8 Å². The molecule has 14 N–H and O–H groups in total. The third kappa shape index (κ3) is 18.4. The second-order valence-corrected chi connectivity index (χ2v) is 11.2. The van der Waals surface area contributed by atoms with Gasteiger partial charge in [-0.3, -0.25) is 39.2 Å². The minimum atomic E-state index is -2.54. The normalized spacial score (nSPS) is 14.6. The molecule has 0 spiro atoms. The van der Waals surface area contributed by atoms with E-state index in [4.69, 9.17) is 11.5 Å². The third-order valence-electron chi connectivity index (χ3n) is 7.07. The zero-order valence-corrected chi connectivity index (χ0v) is 27.5. The number of amides is 6. The SMILES string of the molecule is CCCC(O)CC(=O)N(O)CCC[C@H](N)C(=O)N[C@@H](C(=O)N[C@@H](CO)C(=O)N[C@@H](CCCN(O)C=O)C(=O)NCCCCN)[C@@H](O)C(=O)O. The summed E-state index contributed by atoms with van der Waals surface area (Å²) in [4.78, 5) is 85.6. The molecule has 0 bridgehead atoms. The van der Waals surface area contributed by atoms with Gasteiger partial charge in [0.25, 0.3) is 0 Å². The second kappa shape index (κ2) is 25.0. The van der Waals surface area contributed by atoms with Crippen molar-refractivity contribution in [3.8, 4) is 0 Å². The van der Waals surface area contributed by atoms with Crippen LogP contribution in [-0.4, -0.2) is 152 Å². The highest BCUT2D eigenvalue weighted by atomic mass is 16.5. The summed E-state index contributed by atoms with van der Waals surface area (Å²) in [7, 11) is 0. The molecule has 21 nitrogen and oxygen atoms in total. The van der Waals surface area contributed by atoms with E-state index in [1.54, 1.807) is 0 Å². The monoisotopic (exact) mass is 708 g/mol. The predicted molar refractivity (Wildman–Crippen MR) is 168 cm³/mol. The molecule has 0 aliphatic rings. The van der Waals surface area contributed by atoms with E-state index in [0.717, 1.165) is 0 Å². The first kappa shape index (κ1) is 45.0. The Hall–Kier alpha value is -3.99. The topological polar surface area (TPSA) is 348 Å². The number of carbonyl (C=O) groups excluding carboxylic acids is 6. The molecule has 1 unspecified atom stereocenters. The maximum absolute atomic E-state index is 13.0. The maximum atomic E-state index is 13.0. The van der Waals surface area contributed by atoms with Crippen molar-refractivity contribution >= 4 is 41.9 Å². The van der Waals surface area contributed by atoms with Crippen molar-refractivity contribution < 1.29 is 64.4 Å². The van der Waals surface area contributed by atoms with Gasteiger partial charge in [-0.25, -0.2) is 14.9 Å². The van der Waals surface area contributed by atoms with Crippen LogP contribution >= 0.6 is 0 Å².